The van der Waals surface area contributed by atoms with E-state index in [0.29, 0.717) is 5.69 Å². The molecule has 3 aromatic rings. The number of hydrogen-bond donors (Lipinski definition) is 1. The van der Waals surface area contributed by atoms with Gasteiger partial charge in [-0.15, -0.1) is 11.3 Å². The van der Waals surface area contributed by atoms with E-state index in [1.807, 2.05) is 43.5 Å². The zero-order chi connectivity index (χ0) is 18.8. The van der Waals surface area contributed by atoms with E-state index in [1.54, 1.807) is 24.5 Å². The lowest BCUT2D eigenvalue weighted by molar-refractivity contribution is -0.116. The summed E-state index contributed by atoms with van der Waals surface area (Å²) in [6, 6.07) is 9.51. The van der Waals surface area contributed by atoms with Crippen LogP contribution in [0.4, 0.5) is 5.69 Å². The standard InChI is InChI=1S/C20H22N2O3S/c1-12(2)25-20(24)17-10-15-8-9-26-19(15)22(17)11-18(23)21-16-7-5-6-13(3)14(16)4/h5-10,12H,11H2,1-4H3,(H,21,23). The monoisotopic (exact) mass is 370 g/mol. The smallest absolute Gasteiger partial charge is 0.355 e. The molecule has 0 radical (unpaired) electrons. The van der Waals surface area contributed by atoms with Gasteiger partial charge >= 0.3 is 5.97 Å². The Morgan fingerprint density at radius 2 is 2.00 bits per heavy atom. The van der Waals surface area contributed by atoms with Gasteiger partial charge in [0, 0.05) is 11.1 Å². The molecular weight excluding hydrogens is 348 g/mol. The maximum absolute atomic E-state index is 12.6. The summed E-state index contributed by atoms with van der Waals surface area (Å²) in [7, 11) is 0. The van der Waals surface area contributed by atoms with Crippen LogP contribution in [0, 0.1) is 13.8 Å². The van der Waals surface area contributed by atoms with Crippen LogP contribution in [0.3, 0.4) is 0 Å². The third-order valence-corrected chi connectivity index (χ3v) is 5.19. The Labute approximate surface area is 156 Å². The van der Waals surface area contributed by atoms with Gasteiger partial charge in [0.25, 0.3) is 0 Å². The highest BCUT2D eigenvalue weighted by atomic mass is 32.1. The number of carbonyl (C=O) groups is 2. The number of nitrogens with one attached hydrogen (secondary N) is 1. The first-order valence-electron chi connectivity index (χ1n) is 8.50. The van der Waals surface area contributed by atoms with Gasteiger partial charge in [0.2, 0.25) is 5.91 Å². The van der Waals surface area contributed by atoms with Gasteiger partial charge in [-0.05, 0) is 62.4 Å². The van der Waals surface area contributed by atoms with E-state index in [0.717, 1.165) is 27.0 Å². The molecule has 0 saturated carbocycles. The summed E-state index contributed by atoms with van der Waals surface area (Å²) in [6.45, 7) is 7.65. The molecule has 1 amide bonds. The number of amides is 1. The van der Waals surface area contributed by atoms with Crippen LogP contribution in [-0.2, 0) is 16.1 Å². The van der Waals surface area contributed by atoms with Crippen molar-refractivity contribution in [1.29, 1.82) is 0 Å². The molecular formula is C20H22N2O3S. The average molecular weight is 370 g/mol. The molecule has 0 aliphatic heterocycles. The number of hydrogen-bond acceptors (Lipinski definition) is 4. The second-order valence-corrected chi connectivity index (χ2v) is 7.44. The van der Waals surface area contributed by atoms with Crippen LogP contribution in [0.1, 0.15) is 35.5 Å². The highest BCUT2D eigenvalue weighted by Crippen LogP contribution is 2.26. The third-order valence-electron chi connectivity index (χ3n) is 4.23. The van der Waals surface area contributed by atoms with Crippen molar-refractivity contribution < 1.29 is 14.3 Å². The van der Waals surface area contributed by atoms with Gasteiger partial charge in [0.05, 0.1) is 6.10 Å². The Balaban J connectivity index is 1.87. The van der Waals surface area contributed by atoms with Crippen molar-refractivity contribution >= 4 is 39.1 Å². The zero-order valence-electron chi connectivity index (χ0n) is 15.3. The fourth-order valence-corrected chi connectivity index (χ4v) is 3.69. The first kappa shape index (κ1) is 18.2. The van der Waals surface area contributed by atoms with Gasteiger partial charge in [-0.25, -0.2) is 4.79 Å². The van der Waals surface area contributed by atoms with Crippen LogP contribution in [-0.4, -0.2) is 22.5 Å². The number of esters is 1. The zero-order valence-corrected chi connectivity index (χ0v) is 16.1. The van der Waals surface area contributed by atoms with Crippen molar-refractivity contribution in [3.63, 3.8) is 0 Å². The fourth-order valence-electron chi connectivity index (χ4n) is 2.80. The average Bonchev–Trinajstić information content (AvgIpc) is 3.14. The SMILES string of the molecule is Cc1cccc(NC(=O)Cn2c(C(=O)OC(C)C)cc3ccsc32)c1C. The van der Waals surface area contributed by atoms with Crippen LogP contribution in [0.5, 0.6) is 0 Å². The molecule has 0 unspecified atom stereocenters. The molecule has 1 N–H and O–H groups in total. The number of aryl methyl sites for hydroxylation is 1. The summed E-state index contributed by atoms with van der Waals surface area (Å²) in [5, 5.41) is 5.83. The number of carbonyl (C=O) groups excluding carboxylic acids is 2. The Bertz CT molecular complexity index is 969. The normalized spacial score (nSPS) is 11.1. The van der Waals surface area contributed by atoms with Gasteiger partial charge < -0.3 is 14.6 Å². The fraction of sp³-hybridized carbons (Fsp3) is 0.300. The molecule has 26 heavy (non-hydrogen) atoms. The Kier molecular flexibility index (Phi) is 5.13. The molecule has 2 aromatic heterocycles. The highest BCUT2D eigenvalue weighted by molar-refractivity contribution is 7.16. The Morgan fingerprint density at radius 3 is 2.73 bits per heavy atom. The number of nitrogens with zero attached hydrogens (tertiary/aromatic N) is 1. The molecule has 0 bridgehead atoms. The molecule has 0 fully saturated rings. The van der Waals surface area contributed by atoms with Crippen LogP contribution in [0.2, 0.25) is 0 Å². The van der Waals surface area contributed by atoms with E-state index in [1.165, 1.54) is 11.3 Å². The molecule has 0 atom stereocenters. The molecule has 2 heterocycles. The topological polar surface area (TPSA) is 60.3 Å². The van der Waals surface area contributed by atoms with Crippen molar-refractivity contribution in [3.05, 3.63) is 52.5 Å². The summed E-state index contributed by atoms with van der Waals surface area (Å²) in [5.74, 6) is -0.592. The maximum Gasteiger partial charge on any atom is 0.355 e. The van der Waals surface area contributed by atoms with E-state index < -0.39 is 5.97 Å². The van der Waals surface area contributed by atoms with Gasteiger partial charge in [0.1, 0.15) is 17.1 Å². The minimum absolute atomic E-state index is 0.0555. The van der Waals surface area contributed by atoms with Gasteiger partial charge in [-0.1, -0.05) is 12.1 Å². The summed E-state index contributed by atoms with van der Waals surface area (Å²) in [6.07, 6.45) is -0.215. The van der Waals surface area contributed by atoms with Crippen LogP contribution in [0.25, 0.3) is 10.2 Å². The summed E-state index contributed by atoms with van der Waals surface area (Å²) in [5.41, 5.74) is 3.34. The van der Waals surface area contributed by atoms with Crippen molar-refractivity contribution in [3.8, 4) is 0 Å². The number of ether oxygens (including phenoxy) is 1. The van der Waals surface area contributed by atoms with E-state index in [4.69, 9.17) is 4.74 Å². The maximum atomic E-state index is 12.6. The largest absolute Gasteiger partial charge is 0.458 e. The molecule has 3 rings (SSSR count). The first-order chi connectivity index (χ1) is 12.4. The van der Waals surface area contributed by atoms with Gasteiger partial charge in [-0.3, -0.25) is 4.79 Å². The predicted molar refractivity (Wildman–Crippen MR) is 105 cm³/mol. The van der Waals surface area contributed by atoms with Crippen LogP contribution < -0.4 is 5.32 Å². The van der Waals surface area contributed by atoms with E-state index in [2.05, 4.69) is 5.32 Å². The van der Waals surface area contributed by atoms with Gasteiger partial charge in [-0.2, -0.15) is 0 Å². The van der Waals surface area contributed by atoms with E-state index in [-0.39, 0.29) is 18.6 Å². The van der Waals surface area contributed by atoms with Crippen LogP contribution in [0.15, 0.2) is 35.7 Å². The summed E-state index contributed by atoms with van der Waals surface area (Å²) in [4.78, 5) is 25.9. The molecule has 0 aliphatic carbocycles. The molecule has 5 nitrogen and oxygen atoms in total. The number of benzene rings is 1. The summed E-state index contributed by atoms with van der Waals surface area (Å²) >= 11 is 1.50. The number of anilines is 1. The summed E-state index contributed by atoms with van der Waals surface area (Å²) < 4.78 is 7.05. The molecule has 1 aromatic carbocycles. The van der Waals surface area contributed by atoms with Crippen molar-refractivity contribution in [2.75, 3.05) is 5.32 Å². The predicted octanol–water partition coefficient (Wildman–Crippen LogP) is 4.52. The molecule has 0 saturated heterocycles. The van der Waals surface area contributed by atoms with Crippen LogP contribution >= 0.6 is 11.3 Å². The highest BCUT2D eigenvalue weighted by Gasteiger charge is 2.20. The molecule has 6 heteroatoms. The number of thiophene rings is 1. The first-order valence-corrected chi connectivity index (χ1v) is 9.38. The second kappa shape index (κ2) is 7.33. The third kappa shape index (κ3) is 3.65. The Morgan fingerprint density at radius 1 is 1.23 bits per heavy atom. The van der Waals surface area contributed by atoms with Crippen molar-refractivity contribution in [2.24, 2.45) is 0 Å². The quantitative estimate of drug-likeness (QED) is 0.672. The minimum Gasteiger partial charge on any atom is -0.458 e. The lowest BCUT2D eigenvalue weighted by Gasteiger charge is -2.13. The lowest BCUT2D eigenvalue weighted by atomic mass is 10.1. The Hall–Kier alpha value is -2.60. The van der Waals surface area contributed by atoms with E-state index >= 15 is 0 Å². The van der Waals surface area contributed by atoms with E-state index in [9.17, 15) is 9.59 Å². The van der Waals surface area contributed by atoms with Crippen molar-refractivity contribution in [1.82, 2.24) is 4.57 Å². The lowest BCUT2D eigenvalue weighted by Crippen LogP contribution is -2.23. The number of aromatic nitrogens is 1. The van der Waals surface area contributed by atoms with Gasteiger partial charge in [0.15, 0.2) is 0 Å². The minimum atomic E-state index is -0.414. The van der Waals surface area contributed by atoms with Crippen molar-refractivity contribution in [2.45, 2.75) is 40.3 Å². The molecule has 0 aliphatic rings. The molecule has 0 spiro atoms. The molecule has 136 valence electrons. The number of fused-ring (bicyclic) bond motifs is 1. The second-order valence-electron chi connectivity index (χ2n) is 6.55. The number of rotatable bonds is 5.